The Morgan fingerprint density at radius 1 is 1.21 bits per heavy atom. The molecule has 0 unspecified atom stereocenters. The second-order valence-electron chi connectivity index (χ2n) is 8.87. The zero-order chi connectivity index (χ0) is 25.2. The van der Waals surface area contributed by atoms with Crippen LogP contribution in [-0.2, 0) is 24.3 Å². The van der Waals surface area contributed by atoms with Gasteiger partial charge in [-0.3, -0.25) is 23.9 Å². The minimum atomic E-state index is -0.583. The lowest BCUT2D eigenvalue weighted by Crippen LogP contribution is -2.31. The largest absolute Gasteiger partial charge is 0.365 e. The average Bonchev–Trinajstić information content (AvgIpc) is 3.23. The number of nitrogens with zero attached hydrogens (tertiary/aromatic N) is 3. The topological polar surface area (TPSA) is 145 Å². The third kappa shape index (κ3) is 5.14. The molecule has 4 N–H and O–H groups in total. The molecule has 3 aromatic rings. The lowest BCUT2D eigenvalue weighted by atomic mass is 10.1. The monoisotopic (exact) mass is 488 g/mol. The number of carbonyl (C=O) groups excluding carboxylic acids is 2. The fourth-order valence-corrected chi connectivity index (χ4v) is 5.00. The lowest BCUT2D eigenvalue weighted by molar-refractivity contribution is -0.116. The number of anilines is 1. The highest BCUT2D eigenvalue weighted by Gasteiger charge is 2.22. The number of aromatic amines is 1. The number of fused-ring (bicyclic) bond motifs is 1. The van der Waals surface area contributed by atoms with Crippen molar-refractivity contribution in [3.63, 3.8) is 0 Å². The molecule has 184 valence electrons. The van der Waals surface area contributed by atoms with Crippen LogP contribution in [0.4, 0.5) is 5.00 Å². The molecule has 11 heteroatoms. The molecule has 0 aliphatic carbocycles. The van der Waals surface area contributed by atoms with Crippen LogP contribution in [0.25, 0.3) is 11.2 Å². The minimum Gasteiger partial charge on any atom is -0.365 e. The Morgan fingerprint density at radius 2 is 1.91 bits per heavy atom. The number of aromatic nitrogens is 4. The fraction of sp³-hybridized carbons (Fsp3) is 0.522. The van der Waals surface area contributed by atoms with Crippen molar-refractivity contribution >= 4 is 39.3 Å². The molecule has 0 aliphatic rings. The Bertz CT molecular complexity index is 1340. The van der Waals surface area contributed by atoms with Gasteiger partial charge >= 0.3 is 5.69 Å². The minimum absolute atomic E-state index is 0.0900. The van der Waals surface area contributed by atoms with E-state index < -0.39 is 17.2 Å². The summed E-state index contributed by atoms with van der Waals surface area (Å²) in [6.07, 6.45) is 2.02. The Kier molecular flexibility index (Phi) is 7.75. The quantitative estimate of drug-likeness (QED) is 0.402. The summed E-state index contributed by atoms with van der Waals surface area (Å²) in [6, 6.07) is 0. The molecule has 10 nitrogen and oxygen atoms in total. The smallest absolute Gasteiger partial charge is 0.330 e. The van der Waals surface area contributed by atoms with Crippen LogP contribution in [0, 0.1) is 19.8 Å². The molecule has 34 heavy (non-hydrogen) atoms. The van der Waals surface area contributed by atoms with Gasteiger partial charge in [0.1, 0.15) is 10.8 Å². The predicted molar refractivity (Wildman–Crippen MR) is 134 cm³/mol. The number of H-pyrrole nitrogens is 1. The maximum Gasteiger partial charge on any atom is 0.330 e. The van der Waals surface area contributed by atoms with Gasteiger partial charge in [0.05, 0.1) is 5.56 Å². The number of rotatable bonds is 10. The Hall–Kier alpha value is -3.21. The summed E-state index contributed by atoms with van der Waals surface area (Å²) in [6.45, 7) is 10.7. The maximum absolute atomic E-state index is 12.7. The third-order valence-corrected chi connectivity index (χ3v) is 6.83. The molecule has 3 heterocycles. The molecule has 0 fully saturated rings. The van der Waals surface area contributed by atoms with Gasteiger partial charge in [-0.15, -0.1) is 11.3 Å². The van der Waals surface area contributed by atoms with E-state index >= 15 is 0 Å². The van der Waals surface area contributed by atoms with Crippen LogP contribution in [0.15, 0.2) is 9.59 Å². The molecule has 0 saturated heterocycles. The van der Waals surface area contributed by atoms with Gasteiger partial charge in [-0.25, -0.2) is 9.78 Å². The van der Waals surface area contributed by atoms with Crippen LogP contribution >= 0.6 is 11.3 Å². The van der Waals surface area contributed by atoms with E-state index in [9.17, 15) is 19.2 Å². The maximum atomic E-state index is 12.7. The molecule has 0 radical (unpaired) electrons. The van der Waals surface area contributed by atoms with Gasteiger partial charge in [0, 0.05) is 30.8 Å². The van der Waals surface area contributed by atoms with E-state index in [0.717, 1.165) is 23.3 Å². The normalized spacial score (nSPS) is 11.5. The van der Waals surface area contributed by atoms with Crippen molar-refractivity contribution in [3.05, 3.63) is 42.7 Å². The molecule has 2 amide bonds. The number of nitrogens with one attached hydrogen (secondary N) is 2. The second kappa shape index (κ2) is 10.4. The van der Waals surface area contributed by atoms with Gasteiger partial charge in [0.15, 0.2) is 11.2 Å². The summed E-state index contributed by atoms with van der Waals surface area (Å²) in [5.74, 6) is -0.0891. The van der Waals surface area contributed by atoms with E-state index in [1.807, 2.05) is 32.3 Å². The molecule has 3 aromatic heterocycles. The molecule has 3 rings (SSSR count). The molecule has 0 bridgehead atoms. The van der Waals surface area contributed by atoms with E-state index in [1.165, 1.54) is 15.9 Å². The van der Waals surface area contributed by atoms with Crippen LogP contribution in [-0.4, -0.2) is 30.9 Å². The Morgan fingerprint density at radius 3 is 2.53 bits per heavy atom. The number of aryl methyl sites for hydroxylation is 3. The summed E-state index contributed by atoms with van der Waals surface area (Å²) in [4.78, 5) is 57.7. The number of hydrogen-bond donors (Lipinski definition) is 3. The second-order valence-corrected chi connectivity index (χ2v) is 10.1. The Balaban J connectivity index is 1.93. The van der Waals surface area contributed by atoms with Crippen molar-refractivity contribution < 1.29 is 9.59 Å². The van der Waals surface area contributed by atoms with Gasteiger partial charge in [-0.2, -0.15) is 0 Å². The lowest BCUT2D eigenvalue weighted by Gasteiger charge is -2.11. The highest BCUT2D eigenvalue weighted by Crippen LogP contribution is 2.32. The number of primary amides is 1. The average molecular weight is 489 g/mol. The summed E-state index contributed by atoms with van der Waals surface area (Å²) < 4.78 is 3.30. The highest BCUT2D eigenvalue weighted by molar-refractivity contribution is 7.16. The van der Waals surface area contributed by atoms with Crippen molar-refractivity contribution in [2.75, 3.05) is 5.32 Å². The van der Waals surface area contributed by atoms with Crippen LogP contribution in [0.1, 0.15) is 66.7 Å². The van der Waals surface area contributed by atoms with Crippen molar-refractivity contribution in [3.8, 4) is 0 Å². The zero-order valence-corrected chi connectivity index (χ0v) is 21.1. The number of unbranched alkanes of at least 4 members (excludes halogenated alkanes) is 1. The van der Waals surface area contributed by atoms with Crippen LogP contribution < -0.4 is 22.3 Å². The van der Waals surface area contributed by atoms with E-state index in [-0.39, 0.29) is 24.7 Å². The van der Waals surface area contributed by atoms with Crippen LogP contribution in [0.5, 0.6) is 0 Å². The zero-order valence-electron chi connectivity index (χ0n) is 20.3. The molecule has 0 saturated carbocycles. The van der Waals surface area contributed by atoms with Gasteiger partial charge in [0.2, 0.25) is 5.91 Å². The molecular formula is C23H32N6O4S. The highest BCUT2D eigenvalue weighted by atomic mass is 32.1. The molecule has 0 atom stereocenters. The third-order valence-electron chi connectivity index (χ3n) is 5.71. The standard InChI is InChI=1S/C23H32N6O4S/c1-6-7-10-28-20-18(21(32)27-23(28)33)29(11-12(2)3)15(25-20)8-9-16(30)26-22-17(19(24)31)13(4)14(5)34-22/h12H,6-11H2,1-5H3,(H2,24,31)(H,26,30)(H,27,32,33). The van der Waals surface area contributed by atoms with Gasteiger partial charge in [-0.1, -0.05) is 27.2 Å². The fourth-order valence-electron chi connectivity index (χ4n) is 3.92. The van der Waals surface area contributed by atoms with Crippen molar-refractivity contribution in [1.29, 1.82) is 0 Å². The first-order chi connectivity index (χ1) is 16.0. The molecule has 0 aliphatic heterocycles. The summed E-state index contributed by atoms with van der Waals surface area (Å²) in [5.41, 5.74) is 6.32. The van der Waals surface area contributed by atoms with Crippen LogP contribution in [0.2, 0.25) is 0 Å². The summed E-state index contributed by atoms with van der Waals surface area (Å²) in [5, 5.41) is 3.23. The number of imidazole rings is 1. The van der Waals surface area contributed by atoms with Crippen molar-refractivity contribution in [2.45, 2.75) is 73.4 Å². The number of thiophene rings is 1. The first-order valence-electron chi connectivity index (χ1n) is 11.5. The van der Waals surface area contributed by atoms with E-state index in [4.69, 9.17) is 5.73 Å². The Labute approximate surface area is 201 Å². The summed E-state index contributed by atoms with van der Waals surface area (Å²) in [7, 11) is 0. The predicted octanol–water partition coefficient (Wildman–Crippen LogP) is 2.69. The van der Waals surface area contributed by atoms with E-state index in [1.54, 1.807) is 6.92 Å². The first kappa shape index (κ1) is 25.4. The summed E-state index contributed by atoms with van der Waals surface area (Å²) >= 11 is 1.31. The SMILES string of the molecule is CCCCn1c(=O)[nH]c(=O)c2c1nc(CCC(=O)Nc1sc(C)c(C)c1C(N)=O)n2CC(C)C. The molecular weight excluding hydrogens is 456 g/mol. The number of nitrogens with two attached hydrogens (primary N) is 1. The molecule has 0 aromatic carbocycles. The number of hydrogen-bond acceptors (Lipinski definition) is 6. The van der Waals surface area contributed by atoms with E-state index in [0.29, 0.717) is 40.6 Å². The van der Waals surface area contributed by atoms with Crippen molar-refractivity contribution in [2.24, 2.45) is 11.7 Å². The van der Waals surface area contributed by atoms with E-state index in [2.05, 4.69) is 15.3 Å². The van der Waals surface area contributed by atoms with Gasteiger partial charge in [0.25, 0.3) is 11.5 Å². The van der Waals surface area contributed by atoms with Crippen molar-refractivity contribution in [1.82, 2.24) is 19.1 Å². The number of amides is 2. The van der Waals surface area contributed by atoms with Crippen LogP contribution in [0.3, 0.4) is 0 Å². The molecule has 0 spiro atoms. The first-order valence-corrected chi connectivity index (χ1v) is 12.3. The van der Waals surface area contributed by atoms with Gasteiger partial charge in [-0.05, 0) is 31.7 Å². The number of carbonyl (C=O) groups is 2. The van der Waals surface area contributed by atoms with Gasteiger partial charge < -0.3 is 15.6 Å².